The second kappa shape index (κ2) is 18.8. The molecule has 0 fully saturated rings. The molecule has 11 nitrogen and oxygen atoms in total. The van der Waals surface area contributed by atoms with Crippen molar-refractivity contribution in [3.8, 4) is 11.5 Å². The maximum absolute atomic E-state index is 11.9. The van der Waals surface area contributed by atoms with Gasteiger partial charge in [-0.05, 0) is 30.5 Å². The van der Waals surface area contributed by atoms with Crippen molar-refractivity contribution in [1.82, 2.24) is 5.32 Å². The van der Waals surface area contributed by atoms with Gasteiger partial charge in [0.05, 0.1) is 0 Å². The maximum Gasteiger partial charge on any atom is 1.00 e. The average Bonchev–Trinajstić information content (AvgIpc) is 2.66. The molecule has 0 aliphatic heterocycles. The summed E-state index contributed by atoms with van der Waals surface area (Å²) in [5.41, 5.74) is 10.5. The zero-order valence-corrected chi connectivity index (χ0v) is 25.7. The number of carboxylic acids is 1. The molecule has 0 atom stereocenters. The zero-order valence-electron chi connectivity index (χ0n) is 19.4. The summed E-state index contributed by atoms with van der Waals surface area (Å²) >= 11 is 0. The van der Waals surface area contributed by atoms with Crippen molar-refractivity contribution in [3.63, 3.8) is 0 Å². The molecule has 0 unspecified atom stereocenters. The van der Waals surface area contributed by atoms with E-state index in [-0.39, 0.29) is 111 Å². The first-order valence-corrected chi connectivity index (χ1v) is 9.79. The van der Waals surface area contributed by atoms with Gasteiger partial charge in [-0.3, -0.25) is 24.0 Å². The van der Waals surface area contributed by atoms with E-state index in [1.807, 2.05) is 0 Å². The number of unbranched alkanes of at least 4 members (excludes halogenated alkanes) is 1. The number of amides is 2. The SMILES string of the molecule is CC(=O)Oc1ccc(CCC(=O)NCCCC[C-](N)C(=O)O)cc1OC(C)=O.CC(N)=O.[Cs+]. The van der Waals surface area contributed by atoms with Gasteiger partial charge >= 0.3 is 80.8 Å². The molecule has 0 aliphatic rings. The number of nitrogens with two attached hydrogens (primary N) is 2. The molecule has 0 saturated heterocycles. The van der Waals surface area contributed by atoms with Gasteiger partial charge < -0.3 is 31.4 Å². The van der Waals surface area contributed by atoms with Gasteiger partial charge in [0.1, 0.15) is 0 Å². The van der Waals surface area contributed by atoms with Crippen molar-refractivity contribution in [2.24, 2.45) is 11.5 Å². The minimum absolute atomic E-state index is 0. The number of hydrogen-bond donors (Lipinski definition) is 4. The number of carboxylic acid groups (broad SMARTS) is 1. The molecule has 1 aromatic rings. The zero-order chi connectivity index (χ0) is 24.7. The number of nitrogens with one attached hydrogen (secondary N) is 1. The third-order valence-electron chi connectivity index (χ3n) is 3.63. The van der Waals surface area contributed by atoms with Crippen LogP contribution >= 0.6 is 0 Å². The minimum Gasteiger partial charge on any atom is -0.502 e. The van der Waals surface area contributed by atoms with Gasteiger partial charge in [-0.2, -0.15) is 0 Å². The van der Waals surface area contributed by atoms with Crippen molar-refractivity contribution < 1.29 is 107 Å². The molecule has 0 heterocycles. The van der Waals surface area contributed by atoms with E-state index >= 15 is 0 Å². The summed E-state index contributed by atoms with van der Waals surface area (Å²) in [7, 11) is 0. The molecular formula is C21H30CsN3O8. The predicted molar refractivity (Wildman–Crippen MR) is 114 cm³/mol. The maximum atomic E-state index is 11.9. The van der Waals surface area contributed by atoms with Crippen LogP contribution < -0.4 is 95.2 Å². The first-order valence-electron chi connectivity index (χ1n) is 9.79. The van der Waals surface area contributed by atoms with E-state index in [9.17, 15) is 24.0 Å². The van der Waals surface area contributed by atoms with E-state index in [1.54, 1.807) is 12.1 Å². The van der Waals surface area contributed by atoms with Crippen LogP contribution in [0.5, 0.6) is 11.5 Å². The molecule has 2 amide bonds. The van der Waals surface area contributed by atoms with Crippen LogP contribution in [-0.4, -0.2) is 41.4 Å². The average molecular weight is 585 g/mol. The number of primary amides is 1. The predicted octanol–water partition coefficient (Wildman–Crippen LogP) is -2.17. The summed E-state index contributed by atoms with van der Waals surface area (Å²) < 4.78 is 10.0. The summed E-state index contributed by atoms with van der Waals surface area (Å²) in [6.07, 6.45) is 2.09. The van der Waals surface area contributed by atoms with Crippen LogP contribution in [0.3, 0.4) is 0 Å². The van der Waals surface area contributed by atoms with E-state index in [0.29, 0.717) is 25.8 Å². The van der Waals surface area contributed by atoms with E-state index in [4.69, 9.17) is 20.3 Å². The summed E-state index contributed by atoms with van der Waals surface area (Å²) in [4.78, 5) is 54.0. The van der Waals surface area contributed by atoms with Crippen molar-refractivity contribution in [2.75, 3.05) is 6.54 Å². The normalized spacial score (nSPS) is 9.33. The van der Waals surface area contributed by atoms with Crippen LogP contribution in [0.4, 0.5) is 0 Å². The number of aryl methyl sites for hydroxylation is 1. The van der Waals surface area contributed by atoms with Crippen LogP contribution in [0.25, 0.3) is 0 Å². The number of esters is 2. The summed E-state index contributed by atoms with van der Waals surface area (Å²) in [5, 5.41) is 11.4. The summed E-state index contributed by atoms with van der Waals surface area (Å²) in [6.45, 7) is 4.21. The number of benzene rings is 1. The van der Waals surface area contributed by atoms with Gasteiger partial charge in [-0.1, -0.05) is 12.5 Å². The Bertz CT molecular complexity index is 813. The Labute approximate surface area is 251 Å². The second-order valence-corrected chi connectivity index (χ2v) is 6.72. The van der Waals surface area contributed by atoms with Crippen LogP contribution in [0.1, 0.15) is 52.0 Å². The van der Waals surface area contributed by atoms with Crippen molar-refractivity contribution >= 4 is 29.7 Å². The van der Waals surface area contributed by atoms with Crippen LogP contribution in [-0.2, 0) is 30.4 Å². The van der Waals surface area contributed by atoms with Crippen molar-refractivity contribution in [1.29, 1.82) is 0 Å². The Morgan fingerprint density at radius 3 is 2.06 bits per heavy atom. The fourth-order valence-electron chi connectivity index (χ4n) is 2.30. The molecule has 1 aromatic carbocycles. The van der Waals surface area contributed by atoms with E-state index in [2.05, 4.69) is 11.1 Å². The van der Waals surface area contributed by atoms with E-state index in [1.165, 1.54) is 26.8 Å². The number of ether oxygens (including phenoxy) is 2. The van der Waals surface area contributed by atoms with Crippen LogP contribution in [0.2, 0.25) is 0 Å². The first kappa shape index (κ1) is 33.6. The number of rotatable bonds is 11. The Morgan fingerprint density at radius 2 is 1.55 bits per heavy atom. The first-order chi connectivity index (χ1) is 14.9. The fourth-order valence-corrected chi connectivity index (χ4v) is 2.30. The van der Waals surface area contributed by atoms with Gasteiger partial charge in [-0.25, -0.2) is 6.04 Å². The molecule has 33 heavy (non-hydrogen) atoms. The standard InChI is InChI=1S/C19H25N2O7.C2H5NO.Cs/c1-12(22)27-16-8-6-14(11-17(16)28-13(2)23)7-9-18(24)21-10-4-3-5-15(20)19(25)26;1-2(3)4;/h6,8,11H,3-5,7,9-10,20H2,1-2H3,(H,21,24)(H,25,26);1H3,(H2,3,4);/q-1;;+1. The molecule has 0 saturated carbocycles. The molecule has 1 rings (SSSR count). The molecule has 178 valence electrons. The Morgan fingerprint density at radius 1 is 1.00 bits per heavy atom. The Hall–Kier alpha value is -1.55. The Balaban J connectivity index is 0. The third kappa shape index (κ3) is 18.6. The molecule has 6 N–H and O–H groups in total. The molecular weight excluding hydrogens is 555 g/mol. The van der Waals surface area contributed by atoms with Crippen LogP contribution in [0, 0.1) is 6.04 Å². The summed E-state index contributed by atoms with van der Waals surface area (Å²) in [6, 6.07) is 4.66. The minimum atomic E-state index is -1.11. The van der Waals surface area contributed by atoms with E-state index in [0.717, 1.165) is 5.56 Å². The molecule has 0 aliphatic carbocycles. The molecule has 0 aromatic heterocycles. The van der Waals surface area contributed by atoms with Crippen molar-refractivity contribution in [3.05, 3.63) is 29.8 Å². The quantitative estimate of drug-likeness (QED) is 0.0970. The fraction of sp³-hybridized carbons (Fsp3) is 0.429. The molecule has 0 bridgehead atoms. The molecule has 0 radical (unpaired) electrons. The van der Waals surface area contributed by atoms with E-state index < -0.39 is 17.9 Å². The van der Waals surface area contributed by atoms with Gasteiger partial charge in [0.2, 0.25) is 11.8 Å². The monoisotopic (exact) mass is 585 g/mol. The smallest absolute Gasteiger partial charge is 0.502 e. The number of carbonyl (C=O) groups is 5. The number of aliphatic carboxylic acids is 1. The van der Waals surface area contributed by atoms with Gasteiger partial charge in [0.25, 0.3) is 0 Å². The van der Waals surface area contributed by atoms with Crippen molar-refractivity contribution in [2.45, 2.75) is 52.9 Å². The number of hydrogen-bond acceptors (Lipinski definition) is 8. The largest absolute Gasteiger partial charge is 1.00 e. The molecule has 0 spiro atoms. The Kier molecular flexibility index (Phi) is 19.2. The van der Waals surface area contributed by atoms with Crippen LogP contribution in [0.15, 0.2) is 18.2 Å². The third-order valence-corrected chi connectivity index (χ3v) is 3.63. The van der Waals surface area contributed by atoms with Gasteiger partial charge in [-0.15, -0.1) is 6.42 Å². The number of carbonyl (C=O) groups excluding carboxylic acids is 4. The second-order valence-electron chi connectivity index (χ2n) is 6.72. The topological polar surface area (TPSA) is 188 Å². The van der Waals surface area contributed by atoms with Gasteiger partial charge in [0.15, 0.2) is 17.5 Å². The van der Waals surface area contributed by atoms with Gasteiger partial charge in [0, 0.05) is 33.7 Å². The summed E-state index contributed by atoms with van der Waals surface area (Å²) in [5.74, 6) is -2.45. The molecule has 12 heteroatoms.